The zero-order valence-electron chi connectivity index (χ0n) is 48.3. The Morgan fingerprint density at radius 2 is 0.459 bits per heavy atom. The average Bonchev–Trinajstić information content (AvgIpc) is 1.64. The fraction of sp³-hybridized carbons (Fsp3) is 0.0843. The lowest BCUT2D eigenvalue weighted by Crippen LogP contribution is -2.26. The average molecular weight is 1090 g/mol. The van der Waals surface area contributed by atoms with Crippen molar-refractivity contribution < 1.29 is 0 Å². The molecule has 4 aliphatic carbocycles. The van der Waals surface area contributed by atoms with E-state index in [0.29, 0.717) is 0 Å². The van der Waals surface area contributed by atoms with E-state index in [1.165, 1.54) is 111 Å². The first-order valence-corrected chi connectivity index (χ1v) is 29.9. The van der Waals surface area contributed by atoms with Gasteiger partial charge in [-0.25, -0.2) is 0 Å². The summed E-state index contributed by atoms with van der Waals surface area (Å²) >= 11 is 0. The van der Waals surface area contributed by atoms with Crippen molar-refractivity contribution in [3.63, 3.8) is 0 Å². The van der Waals surface area contributed by atoms with Gasteiger partial charge >= 0.3 is 0 Å². The van der Waals surface area contributed by atoms with E-state index in [9.17, 15) is 0 Å². The van der Waals surface area contributed by atoms with Gasteiger partial charge in [0.2, 0.25) is 0 Å². The van der Waals surface area contributed by atoms with Gasteiger partial charge in [0.05, 0.1) is 5.41 Å². The van der Waals surface area contributed by atoms with Gasteiger partial charge in [0.15, 0.2) is 0 Å². The molecule has 0 N–H and O–H groups in total. The molecule has 2 nitrogen and oxygen atoms in total. The Morgan fingerprint density at radius 1 is 0.212 bits per heavy atom. The van der Waals surface area contributed by atoms with Crippen LogP contribution in [0.5, 0.6) is 0 Å². The number of fused-ring (bicyclic) bond motifs is 16. The SMILES string of the molecule is CC1(C)c2cc(/C=C/c3ccc4c(c3)C3(c5ccccc5-c5ccccc53)c3cc(/C=C/c5ccc6c(c5)C(C)(C)c5cc(N(c7ccccc7)c7ccccc7)ccc5-6)ccc3-4)ccc2-c2ccc(N(c3ccccc3)c3ccccc3)cc21. The Morgan fingerprint density at radius 3 is 0.788 bits per heavy atom. The van der Waals surface area contributed by atoms with Crippen LogP contribution in [-0.2, 0) is 16.2 Å². The van der Waals surface area contributed by atoms with Gasteiger partial charge < -0.3 is 9.80 Å². The molecule has 2 heteroatoms. The molecule has 12 aromatic rings. The summed E-state index contributed by atoms with van der Waals surface area (Å²) in [5, 5.41) is 0. The van der Waals surface area contributed by atoms with Crippen LogP contribution in [-0.4, -0.2) is 0 Å². The molecule has 0 radical (unpaired) electrons. The number of benzene rings is 12. The van der Waals surface area contributed by atoms with Gasteiger partial charge in [-0.05, 0) is 196 Å². The van der Waals surface area contributed by atoms with Crippen molar-refractivity contribution >= 4 is 58.4 Å². The van der Waals surface area contributed by atoms with Crippen LogP contribution in [0.15, 0.2) is 279 Å². The molecule has 0 bridgehead atoms. The van der Waals surface area contributed by atoms with Gasteiger partial charge in [0.1, 0.15) is 0 Å². The van der Waals surface area contributed by atoms with Crippen molar-refractivity contribution in [1.29, 1.82) is 0 Å². The normalized spacial score (nSPS) is 14.5. The second-order valence-corrected chi connectivity index (χ2v) is 24.5. The number of hydrogen-bond donors (Lipinski definition) is 0. The van der Waals surface area contributed by atoms with E-state index in [2.05, 4.69) is 341 Å². The number of nitrogens with zero attached hydrogens (tertiary/aromatic N) is 2. The minimum absolute atomic E-state index is 0.197. The van der Waals surface area contributed by atoms with Crippen LogP contribution >= 0.6 is 0 Å². The van der Waals surface area contributed by atoms with Crippen LogP contribution in [0.2, 0.25) is 0 Å². The molecule has 0 saturated heterocycles. The lowest BCUT2D eigenvalue weighted by molar-refractivity contribution is 0.660. The summed E-state index contributed by atoms with van der Waals surface area (Å²) in [7, 11) is 0. The molecule has 1 spiro atoms. The molecular formula is C83H62N2. The van der Waals surface area contributed by atoms with Gasteiger partial charge in [-0.2, -0.15) is 0 Å². The van der Waals surface area contributed by atoms with Crippen LogP contribution in [0, 0.1) is 0 Å². The largest absolute Gasteiger partial charge is 0.310 e. The molecule has 0 amide bonds. The molecule has 0 unspecified atom stereocenters. The third-order valence-corrected chi connectivity index (χ3v) is 19.0. The first-order chi connectivity index (χ1) is 41.6. The monoisotopic (exact) mass is 1090 g/mol. The first kappa shape index (κ1) is 50.4. The van der Waals surface area contributed by atoms with Crippen molar-refractivity contribution in [2.24, 2.45) is 0 Å². The maximum Gasteiger partial charge on any atom is 0.0725 e. The summed E-state index contributed by atoms with van der Waals surface area (Å²) in [6.45, 7) is 9.54. The smallest absolute Gasteiger partial charge is 0.0725 e. The molecule has 0 saturated carbocycles. The number of rotatable bonds is 10. The van der Waals surface area contributed by atoms with Crippen molar-refractivity contribution in [3.8, 4) is 44.5 Å². The molecule has 0 fully saturated rings. The number of para-hydroxylation sites is 4. The zero-order chi connectivity index (χ0) is 57.0. The molecule has 4 aliphatic rings. The van der Waals surface area contributed by atoms with E-state index in [1.807, 2.05) is 0 Å². The highest BCUT2D eigenvalue weighted by molar-refractivity contribution is 5.97. The summed E-state index contributed by atoms with van der Waals surface area (Å²) in [5.74, 6) is 0. The topological polar surface area (TPSA) is 6.48 Å². The van der Waals surface area contributed by atoms with Crippen LogP contribution in [0.25, 0.3) is 68.8 Å². The minimum atomic E-state index is -0.483. The Labute approximate surface area is 499 Å². The van der Waals surface area contributed by atoms with E-state index < -0.39 is 5.41 Å². The molecule has 16 rings (SSSR count). The Bertz CT molecular complexity index is 4320. The molecular weight excluding hydrogens is 1020 g/mol. The third kappa shape index (κ3) is 7.85. The standard InChI is InChI=1S/C83H62N2/c1-81(2)75-49-55(37-43-67(75)69-47-41-63(53-77(69)81)84(59-21-9-5-10-22-59)60-23-11-6-12-24-60)33-35-57-39-45-71-72-46-40-58(52-80(72)83(79(71)51-57)73-31-19-17-29-65(73)66-30-18-20-32-74(66)83)36-34-56-38-44-68-70-48-42-64(54-78(70)82(3,4)76(68)50-56)85(61-25-13-7-14-26-61)62-27-15-8-16-28-62/h5-54H,1-4H3/b35-33+,36-34+. The fourth-order valence-electron chi connectivity index (χ4n) is 14.9. The van der Waals surface area contributed by atoms with Crippen LogP contribution in [0.4, 0.5) is 34.1 Å². The molecule has 0 atom stereocenters. The Kier molecular flexibility index (Phi) is 11.5. The van der Waals surface area contributed by atoms with Crippen molar-refractivity contribution in [3.05, 3.63) is 346 Å². The molecule has 0 aromatic heterocycles. The Balaban J connectivity index is 0.723. The summed E-state index contributed by atoms with van der Waals surface area (Å²) in [6, 6.07) is 104. The lowest BCUT2D eigenvalue weighted by Gasteiger charge is -2.30. The molecule has 0 heterocycles. The second-order valence-electron chi connectivity index (χ2n) is 24.5. The predicted octanol–water partition coefficient (Wildman–Crippen LogP) is 21.9. The molecule has 404 valence electrons. The summed E-state index contributed by atoms with van der Waals surface area (Å²) in [4.78, 5) is 4.73. The first-order valence-electron chi connectivity index (χ1n) is 29.9. The van der Waals surface area contributed by atoms with Gasteiger partial charge in [0, 0.05) is 45.0 Å². The van der Waals surface area contributed by atoms with E-state index >= 15 is 0 Å². The number of hydrogen-bond acceptors (Lipinski definition) is 2. The van der Waals surface area contributed by atoms with Crippen LogP contribution < -0.4 is 9.80 Å². The van der Waals surface area contributed by atoms with Crippen LogP contribution in [0.1, 0.15) is 94.5 Å². The molecule has 0 aliphatic heterocycles. The maximum absolute atomic E-state index is 2.48. The van der Waals surface area contributed by atoms with Crippen molar-refractivity contribution in [1.82, 2.24) is 0 Å². The van der Waals surface area contributed by atoms with Crippen molar-refractivity contribution in [2.75, 3.05) is 9.80 Å². The lowest BCUT2D eigenvalue weighted by atomic mass is 9.70. The zero-order valence-corrected chi connectivity index (χ0v) is 48.3. The fourth-order valence-corrected chi connectivity index (χ4v) is 14.9. The third-order valence-electron chi connectivity index (χ3n) is 19.0. The van der Waals surface area contributed by atoms with Crippen LogP contribution in [0.3, 0.4) is 0 Å². The van der Waals surface area contributed by atoms with Gasteiger partial charge in [-0.1, -0.05) is 246 Å². The molecule has 85 heavy (non-hydrogen) atoms. The van der Waals surface area contributed by atoms with E-state index in [-0.39, 0.29) is 10.8 Å². The van der Waals surface area contributed by atoms with E-state index in [0.717, 1.165) is 34.1 Å². The second kappa shape index (κ2) is 19.4. The maximum atomic E-state index is 2.48. The highest BCUT2D eigenvalue weighted by Gasteiger charge is 2.52. The number of anilines is 6. The summed E-state index contributed by atoms with van der Waals surface area (Å²) in [5.41, 5.74) is 32.0. The quantitative estimate of drug-likeness (QED) is 0.126. The van der Waals surface area contributed by atoms with Gasteiger partial charge in [0.25, 0.3) is 0 Å². The minimum Gasteiger partial charge on any atom is -0.310 e. The summed E-state index contributed by atoms with van der Waals surface area (Å²) in [6.07, 6.45) is 9.27. The van der Waals surface area contributed by atoms with Crippen molar-refractivity contribution in [2.45, 2.75) is 43.9 Å². The van der Waals surface area contributed by atoms with E-state index in [4.69, 9.17) is 0 Å². The van der Waals surface area contributed by atoms with Gasteiger partial charge in [-0.15, -0.1) is 0 Å². The Hall–Kier alpha value is -10.3. The highest BCUT2D eigenvalue weighted by Crippen LogP contribution is 2.63. The van der Waals surface area contributed by atoms with E-state index in [1.54, 1.807) is 0 Å². The summed E-state index contributed by atoms with van der Waals surface area (Å²) < 4.78 is 0. The predicted molar refractivity (Wildman–Crippen MR) is 358 cm³/mol. The molecule has 12 aromatic carbocycles. The highest BCUT2D eigenvalue weighted by atomic mass is 15.1. The van der Waals surface area contributed by atoms with Gasteiger partial charge in [-0.3, -0.25) is 0 Å².